The van der Waals surface area contributed by atoms with Gasteiger partial charge in [0, 0.05) is 155 Å². The summed E-state index contributed by atoms with van der Waals surface area (Å²) >= 11 is 0. The zero-order valence-corrected chi connectivity index (χ0v) is 73.3. The second-order valence-corrected chi connectivity index (χ2v) is 34.1. The molecule has 0 radical (unpaired) electrons. The van der Waals surface area contributed by atoms with Crippen LogP contribution in [0.1, 0.15) is 83.4 Å². The zero-order valence-electron chi connectivity index (χ0n) is 73.3. The Kier molecular flexibility index (Phi) is 29.0. The number of rotatable bonds is 24. The fraction of sp³-hybridized carbons (Fsp3) is 0.479. The van der Waals surface area contributed by atoms with E-state index < -0.39 is 11.7 Å². The molecule has 28 nitrogen and oxygen atoms in total. The van der Waals surface area contributed by atoms with Gasteiger partial charge in [-0.3, -0.25) is 19.3 Å². The second-order valence-electron chi connectivity index (χ2n) is 34.1. The molecule has 9 aliphatic heterocycles. The normalized spacial score (nSPS) is 20.9. The van der Waals surface area contributed by atoms with Crippen LogP contribution in [0.2, 0.25) is 0 Å². The first-order valence-electron chi connectivity index (χ1n) is 44.4. The van der Waals surface area contributed by atoms with Gasteiger partial charge in [-0.15, -0.1) is 0 Å². The smallest absolute Gasteiger partial charge is 0.418 e. The van der Waals surface area contributed by atoms with Crippen molar-refractivity contribution in [2.45, 2.75) is 127 Å². The van der Waals surface area contributed by atoms with E-state index in [2.05, 4.69) is 172 Å². The molecule has 17 rings (SSSR count). The Bertz CT molecular complexity index is 5440. The van der Waals surface area contributed by atoms with Gasteiger partial charge < -0.3 is 87.4 Å². The number of likely N-dealkylation sites (tertiary alicyclic amines) is 3. The first-order chi connectivity index (χ1) is 61.7. The number of nitrogens with zero attached hydrogens (tertiary/aromatic N) is 21. The minimum absolute atomic E-state index is 0.126. The average molecular weight is 1730 g/mol. The predicted molar refractivity (Wildman–Crippen MR) is 487 cm³/mol. The monoisotopic (exact) mass is 1730 g/mol. The molecule has 0 bridgehead atoms. The Labute approximate surface area is 742 Å². The number of likely N-dealkylation sites (N-methyl/N-ethyl adjacent to an activating group) is 2. The van der Waals surface area contributed by atoms with Gasteiger partial charge in [0.15, 0.2) is 0 Å². The molecule has 0 spiro atoms. The molecule has 127 heavy (non-hydrogen) atoms. The summed E-state index contributed by atoms with van der Waals surface area (Å²) in [6.45, 7) is 49.9. The largest absolute Gasteiger partial charge is 0.462 e. The number of anilines is 6. The zero-order chi connectivity index (χ0) is 88.8. The molecule has 8 aromatic rings. The molecule has 9 aliphatic rings. The van der Waals surface area contributed by atoms with Crippen molar-refractivity contribution in [2.75, 3.05) is 201 Å². The van der Waals surface area contributed by atoms with Crippen molar-refractivity contribution in [3.8, 4) is 18.0 Å². The Hall–Kier alpha value is -12.2. The lowest BCUT2D eigenvalue weighted by Crippen LogP contribution is -2.56. The fourth-order valence-electron chi connectivity index (χ4n) is 19.6. The summed E-state index contributed by atoms with van der Waals surface area (Å²) in [5.74, 6) is 1.93. The van der Waals surface area contributed by atoms with Crippen molar-refractivity contribution in [1.82, 2.24) is 59.3 Å². The third-order valence-electron chi connectivity index (χ3n) is 26.4. The average Bonchev–Trinajstić information content (AvgIpc) is 1.47. The third kappa shape index (κ3) is 20.4. The van der Waals surface area contributed by atoms with E-state index in [4.69, 9.17) is 68.6 Å². The maximum Gasteiger partial charge on any atom is 0.418 e. The first-order valence-corrected chi connectivity index (χ1v) is 44.4. The van der Waals surface area contributed by atoms with Crippen LogP contribution >= 0.6 is 0 Å². The summed E-state index contributed by atoms with van der Waals surface area (Å²) in [6.07, 6.45) is 8.10. The van der Waals surface area contributed by atoms with Crippen molar-refractivity contribution >= 4 is 73.8 Å². The van der Waals surface area contributed by atoms with Gasteiger partial charge in [-0.25, -0.2) is 19.7 Å². The van der Waals surface area contributed by atoms with Gasteiger partial charge in [0.05, 0.1) is 48.9 Å². The lowest BCUT2D eigenvalue weighted by atomic mass is 10.00. The van der Waals surface area contributed by atoms with Crippen LogP contribution in [-0.4, -0.2) is 285 Å². The molecule has 6 atom stereocenters. The second kappa shape index (κ2) is 41.0. The maximum atomic E-state index is 14.1. The highest BCUT2D eigenvalue weighted by molar-refractivity contribution is 5.96. The lowest BCUT2D eigenvalue weighted by Gasteiger charge is -2.41. The highest BCUT2D eigenvalue weighted by Crippen LogP contribution is 2.43. The predicted octanol–water partition coefficient (Wildman–Crippen LogP) is 11.6. The molecule has 0 saturated carbocycles. The minimum atomic E-state index is -4.49. The van der Waals surface area contributed by atoms with Gasteiger partial charge in [-0.2, -0.15) is 43.1 Å². The summed E-state index contributed by atoms with van der Waals surface area (Å²) in [5.41, 5.74) is 7.79. The summed E-state index contributed by atoms with van der Waals surface area (Å²) in [5, 5.41) is 4.90. The number of ether oxygens (including phenoxy) is 4. The number of piperazine rings is 3. The number of fused-ring (bicyclic) bond motifs is 5. The molecule has 6 saturated heterocycles. The topological polar surface area (TPSA) is 217 Å². The molecule has 3 aromatic heterocycles. The Balaban J connectivity index is 0.000000147. The lowest BCUT2D eigenvalue weighted by molar-refractivity contribution is -0.137. The molecular weight excluding hydrogens is 1620 g/mol. The van der Waals surface area contributed by atoms with Gasteiger partial charge >= 0.3 is 24.2 Å². The quantitative estimate of drug-likeness (QED) is 0.0406. The minimum Gasteiger partial charge on any atom is -0.462 e. The van der Waals surface area contributed by atoms with Gasteiger partial charge in [-0.05, 0) is 151 Å². The van der Waals surface area contributed by atoms with Crippen LogP contribution in [-0.2, 0) is 64.2 Å². The SMILES string of the molecule is [C-]#[N+]CC1CN(c2nc(OC[C@@H]3CCCN3C)nc3c2CCN(c2cccc(C)c2C(F)(F)F)C3)CCN1C(=O)C=C.[C-]#[N+]CC1CN(c2nc(OC[C@@H]3CCCN3CCOC)nc3c2CCN(c2cccc4ccccc24)C3)CCN1C(=O)C=C.[C-]#[N+]C[C@H]1CN(c2nc(OC[C@H]3CCCN3C)nc3c2CCN(c2cccc4ccccc24)C3)CCN1C(=O)C=C. The molecular formula is C96H114F3N21O7. The van der Waals surface area contributed by atoms with Crippen molar-refractivity contribution in [1.29, 1.82) is 0 Å². The van der Waals surface area contributed by atoms with E-state index in [0.717, 1.165) is 124 Å². The van der Waals surface area contributed by atoms with Crippen molar-refractivity contribution in [3.05, 3.63) is 220 Å². The standard InChI is InChI=1S/C34H41N7O3.C32H37N7O2.C30H36F3N7O2/c1-4-32(42)41-18-17-40(22-27(41)21-35-2)33-29-14-16-39(31-13-7-10-25-9-5-6-12-28(25)31)23-30(29)36-34(37-33)44-24-26-11-8-15-38(26)19-20-43-3;1-4-30(40)39-18-17-38(20-25(39)19-33-2)31-27-14-16-37(29-13-7-10-23-9-5-6-12-26(23)29)21-28(27)34-32(35-31)41-22-24-11-8-15-36(24)3;1-5-26(41)40-15-14-39(17-22(40)16-34-3)28-23-11-13-38(25-10-6-8-20(2)27(25)30(31,32)33)18-24(23)35-29(36-28)42-19-21-9-7-12-37(21)4/h4-7,9-10,12-13,26-27H,1,8,11,14-24H2,3H3;4-7,9-10,12-13,24-25H,1,8,11,14-22H2,3H3;5-6,8,10,21-22H,1,7,9,11-19H2,2,4H3/t26-,27?;24-,25+;21-,22?/m010/s1. The van der Waals surface area contributed by atoms with Crippen LogP contribution in [0.25, 0.3) is 36.1 Å². The number of carbonyl (C=O) groups excluding carboxylic acids is 3. The van der Waals surface area contributed by atoms with Gasteiger partial charge in [0.2, 0.25) is 37.4 Å². The van der Waals surface area contributed by atoms with Gasteiger partial charge in [-0.1, -0.05) is 105 Å². The van der Waals surface area contributed by atoms with E-state index in [1.54, 1.807) is 32.8 Å². The summed E-state index contributed by atoms with van der Waals surface area (Å²) < 4.78 is 66.4. The summed E-state index contributed by atoms with van der Waals surface area (Å²) in [6, 6.07) is 35.6. The number of aryl methyl sites for hydroxylation is 1. The van der Waals surface area contributed by atoms with Crippen molar-refractivity contribution in [3.63, 3.8) is 0 Å². The van der Waals surface area contributed by atoms with Crippen LogP contribution in [0, 0.1) is 26.6 Å². The Morgan fingerprint density at radius 3 is 1.19 bits per heavy atom. The number of hydrogen-bond acceptors (Lipinski definition) is 22. The summed E-state index contributed by atoms with van der Waals surface area (Å²) in [7, 11) is 5.94. The van der Waals surface area contributed by atoms with E-state index in [9.17, 15) is 27.6 Å². The van der Waals surface area contributed by atoms with Crippen LogP contribution in [0.3, 0.4) is 0 Å². The number of carbonyl (C=O) groups is 3. The molecule has 2 unspecified atom stereocenters. The van der Waals surface area contributed by atoms with E-state index >= 15 is 0 Å². The molecule has 0 N–H and O–H groups in total. The molecule has 6 fully saturated rings. The van der Waals surface area contributed by atoms with E-state index in [0.29, 0.717) is 147 Å². The highest BCUT2D eigenvalue weighted by Gasteiger charge is 2.42. The number of hydrogen-bond donors (Lipinski definition) is 0. The Morgan fingerprint density at radius 2 is 0.811 bits per heavy atom. The van der Waals surface area contributed by atoms with Gasteiger partial charge in [0.1, 0.15) is 55.4 Å². The van der Waals surface area contributed by atoms with E-state index in [-0.39, 0.29) is 85.3 Å². The van der Waals surface area contributed by atoms with Crippen molar-refractivity contribution < 1.29 is 46.5 Å². The van der Waals surface area contributed by atoms with Crippen LogP contribution in [0.4, 0.5) is 47.7 Å². The number of alkyl halides is 3. The van der Waals surface area contributed by atoms with E-state index in [1.807, 2.05) is 0 Å². The third-order valence-corrected chi connectivity index (χ3v) is 26.4. The molecule has 666 valence electrons. The number of methoxy groups -OCH3 is 1. The van der Waals surface area contributed by atoms with Crippen LogP contribution in [0.5, 0.6) is 18.0 Å². The molecule has 0 aliphatic carbocycles. The number of aromatic nitrogens is 6. The van der Waals surface area contributed by atoms with Gasteiger partial charge in [0.25, 0.3) is 0 Å². The summed E-state index contributed by atoms with van der Waals surface area (Å²) in [4.78, 5) is 103. The Morgan fingerprint density at radius 1 is 0.449 bits per heavy atom. The van der Waals surface area contributed by atoms with E-state index in [1.165, 1.54) is 76.6 Å². The first kappa shape index (κ1) is 89.6. The molecule has 5 aromatic carbocycles. The molecule has 3 amide bonds. The number of halogens is 3. The number of benzene rings is 5. The fourth-order valence-corrected chi connectivity index (χ4v) is 19.6. The number of amides is 3. The van der Waals surface area contributed by atoms with Crippen LogP contribution < -0.4 is 43.6 Å². The highest BCUT2D eigenvalue weighted by atomic mass is 19.4. The maximum absolute atomic E-state index is 14.1. The molecule has 31 heteroatoms. The van der Waals surface area contributed by atoms with Crippen molar-refractivity contribution in [2.24, 2.45) is 0 Å². The molecule has 12 heterocycles. The van der Waals surface area contributed by atoms with Crippen LogP contribution in [0.15, 0.2) is 141 Å².